The minimum atomic E-state index is 0.480. The van der Waals surface area contributed by atoms with Crippen molar-refractivity contribution in [1.82, 2.24) is 4.90 Å². The molecule has 0 aliphatic carbocycles. The van der Waals surface area contributed by atoms with E-state index in [0.717, 1.165) is 18.9 Å². The summed E-state index contributed by atoms with van der Waals surface area (Å²) in [6, 6.07) is 0.480. The fourth-order valence-electron chi connectivity index (χ4n) is 1.92. The van der Waals surface area contributed by atoms with Gasteiger partial charge in [-0.2, -0.15) is 0 Å². The van der Waals surface area contributed by atoms with Gasteiger partial charge < -0.3 is 10.6 Å². The van der Waals surface area contributed by atoms with Gasteiger partial charge in [-0.15, -0.1) is 0 Å². The van der Waals surface area contributed by atoms with Gasteiger partial charge in [-0.3, -0.25) is 0 Å². The van der Waals surface area contributed by atoms with Crippen molar-refractivity contribution >= 4 is 17.2 Å². The van der Waals surface area contributed by atoms with Crippen LogP contribution in [0.3, 0.4) is 0 Å². The average Bonchev–Trinajstić information content (AvgIpc) is 2.18. The highest BCUT2D eigenvalue weighted by Gasteiger charge is 2.16. The van der Waals surface area contributed by atoms with Gasteiger partial charge in [0.25, 0.3) is 0 Å². The van der Waals surface area contributed by atoms with Crippen molar-refractivity contribution in [2.75, 3.05) is 13.1 Å². The van der Waals surface area contributed by atoms with E-state index in [1.165, 1.54) is 19.4 Å². The highest BCUT2D eigenvalue weighted by atomic mass is 32.1. The predicted octanol–water partition coefficient (Wildman–Crippen LogP) is 2.81. The van der Waals surface area contributed by atoms with Gasteiger partial charge in [0.05, 0.1) is 4.99 Å². The van der Waals surface area contributed by atoms with Gasteiger partial charge in [0.2, 0.25) is 0 Å². The number of rotatable bonds is 8. The molecule has 2 N–H and O–H groups in total. The molecule has 1 unspecified atom stereocenters. The van der Waals surface area contributed by atoms with Crippen LogP contribution in [0.1, 0.15) is 47.0 Å². The molecule has 0 fully saturated rings. The normalized spacial score (nSPS) is 13.5. The summed E-state index contributed by atoms with van der Waals surface area (Å²) in [7, 11) is 0. The van der Waals surface area contributed by atoms with Crippen molar-refractivity contribution in [1.29, 1.82) is 0 Å². The molecule has 0 aromatic rings. The lowest BCUT2D eigenvalue weighted by Crippen LogP contribution is -2.38. The molecule has 0 aliphatic rings. The second-order valence-corrected chi connectivity index (χ2v) is 4.81. The Kier molecular flexibility index (Phi) is 7.97. The standard InChI is InChI=1S/C12H26N2S/c1-5-11(6-2)9-14(7-3)10(4)8-12(13)15/h10-11H,5-9H2,1-4H3,(H2,13,15). The lowest BCUT2D eigenvalue weighted by Gasteiger charge is -2.30. The van der Waals surface area contributed by atoms with E-state index in [4.69, 9.17) is 18.0 Å². The predicted molar refractivity (Wildman–Crippen MR) is 72.2 cm³/mol. The van der Waals surface area contributed by atoms with Crippen LogP contribution >= 0.6 is 12.2 Å². The molecule has 2 nitrogen and oxygen atoms in total. The summed E-state index contributed by atoms with van der Waals surface area (Å²) in [6.45, 7) is 11.2. The minimum Gasteiger partial charge on any atom is -0.393 e. The summed E-state index contributed by atoms with van der Waals surface area (Å²) in [5, 5.41) is 0. The van der Waals surface area contributed by atoms with Crippen molar-refractivity contribution in [3.8, 4) is 0 Å². The van der Waals surface area contributed by atoms with E-state index in [9.17, 15) is 0 Å². The van der Waals surface area contributed by atoms with Gasteiger partial charge >= 0.3 is 0 Å². The monoisotopic (exact) mass is 230 g/mol. The molecule has 0 amide bonds. The van der Waals surface area contributed by atoms with Crippen molar-refractivity contribution in [2.45, 2.75) is 53.0 Å². The zero-order chi connectivity index (χ0) is 11.8. The van der Waals surface area contributed by atoms with Crippen LogP contribution in [0.15, 0.2) is 0 Å². The van der Waals surface area contributed by atoms with Crippen molar-refractivity contribution in [2.24, 2.45) is 11.7 Å². The largest absolute Gasteiger partial charge is 0.393 e. The van der Waals surface area contributed by atoms with Gasteiger partial charge in [-0.1, -0.05) is 45.8 Å². The van der Waals surface area contributed by atoms with Crippen LogP contribution in [0.5, 0.6) is 0 Å². The molecule has 0 rings (SSSR count). The Balaban J connectivity index is 4.15. The third-order valence-electron chi connectivity index (χ3n) is 3.17. The van der Waals surface area contributed by atoms with E-state index in [2.05, 4.69) is 32.6 Å². The topological polar surface area (TPSA) is 29.3 Å². The number of hydrogen-bond acceptors (Lipinski definition) is 2. The number of nitrogens with two attached hydrogens (primary N) is 1. The van der Waals surface area contributed by atoms with E-state index in [0.29, 0.717) is 11.0 Å². The van der Waals surface area contributed by atoms with Crippen LogP contribution in [-0.4, -0.2) is 29.0 Å². The second kappa shape index (κ2) is 8.05. The maximum atomic E-state index is 5.59. The molecule has 0 aromatic heterocycles. The van der Waals surface area contributed by atoms with Crippen LogP contribution in [0.25, 0.3) is 0 Å². The fraction of sp³-hybridized carbons (Fsp3) is 0.917. The Morgan fingerprint density at radius 1 is 1.27 bits per heavy atom. The molecule has 1 atom stereocenters. The Hall–Kier alpha value is -0.150. The lowest BCUT2D eigenvalue weighted by molar-refractivity contribution is 0.184. The molecule has 0 bridgehead atoms. The Morgan fingerprint density at radius 3 is 2.13 bits per heavy atom. The van der Waals surface area contributed by atoms with Crippen molar-refractivity contribution < 1.29 is 0 Å². The Labute approximate surface area is 100 Å². The number of hydrogen-bond donors (Lipinski definition) is 1. The molecule has 0 heterocycles. The summed E-state index contributed by atoms with van der Waals surface area (Å²) in [5.74, 6) is 0.804. The maximum Gasteiger partial charge on any atom is 0.0742 e. The van der Waals surface area contributed by atoms with Crippen molar-refractivity contribution in [3.63, 3.8) is 0 Å². The molecule has 15 heavy (non-hydrogen) atoms. The van der Waals surface area contributed by atoms with Crippen LogP contribution in [0.4, 0.5) is 0 Å². The first kappa shape index (κ1) is 14.8. The second-order valence-electron chi connectivity index (χ2n) is 4.29. The van der Waals surface area contributed by atoms with Gasteiger partial charge in [0.15, 0.2) is 0 Å². The summed E-state index contributed by atoms with van der Waals surface area (Å²) < 4.78 is 0. The van der Waals surface area contributed by atoms with Crippen LogP contribution in [0.2, 0.25) is 0 Å². The Bertz CT molecular complexity index is 178. The molecule has 0 saturated heterocycles. The SMILES string of the molecule is CCC(CC)CN(CC)C(C)CC(N)=S. The molecule has 0 aromatic carbocycles. The van der Waals surface area contributed by atoms with E-state index < -0.39 is 0 Å². The molecule has 0 aliphatic heterocycles. The summed E-state index contributed by atoms with van der Waals surface area (Å²) in [6.07, 6.45) is 3.35. The quantitative estimate of drug-likeness (QED) is 0.650. The molecule has 3 heteroatoms. The molecule has 0 spiro atoms. The summed E-state index contributed by atoms with van der Waals surface area (Å²) in [5.41, 5.74) is 5.59. The first-order chi connectivity index (χ1) is 7.04. The van der Waals surface area contributed by atoms with Gasteiger partial charge in [-0.05, 0) is 19.4 Å². The molecule has 90 valence electrons. The average molecular weight is 230 g/mol. The van der Waals surface area contributed by atoms with Gasteiger partial charge in [-0.25, -0.2) is 0 Å². The molecule has 0 radical (unpaired) electrons. The van der Waals surface area contributed by atoms with E-state index >= 15 is 0 Å². The smallest absolute Gasteiger partial charge is 0.0742 e. The zero-order valence-corrected chi connectivity index (χ0v) is 11.4. The van der Waals surface area contributed by atoms with E-state index in [-0.39, 0.29) is 0 Å². The van der Waals surface area contributed by atoms with Crippen LogP contribution in [-0.2, 0) is 0 Å². The third kappa shape index (κ3) is 6.10. The van der Waals surface area contributed by atoms with E-state index in [1.54, 1.807) is 0 Å². The lowest BCUT2D eigenvalue weighted by atomic mass is 10.0. The first-order valence-corrected chi connectivity index (χ1v) is 6.48. The minimum absolute atomic E-state index is 0.480. The number of nitrogens with zero attached hydrogens (tertiary/aromatic N) is 1. The maximum absolute atomic E-state index is 5.59. The summed E-state index contributed by atoms with van der Waals surface area (Å²) >= 11 is 4.96. The van der Waals surface area contributed by atoms with Gasteiger partial charge in [0, 0.05) is 19.0 Å². The fourth-order valence-corrected chi connectivity index (χ4v) is 2.16. The number of thiocarbonyl (C=S) groups is 1. The van der Waals surface area contributed by atoms with Crippen LogP contribution in [0, 0.1) is 5.92 Å². The highest BCUT2D eigenvalue weighted by Crippen LogP contribution is 2.13. The zero-order valence-electron chi connectivity index (χ0n) is 10.6. The van der Waals surface area contributed by atoms with E-state index in [1.807, 2.05) is 0 Å². The van der Waals surface area contributed by atoms with Crippen molar-refractivity contribution in [3.05, 3.63) is 0 Å². The molecular formula is C12H26N2S. The third-order valence-corrected chi connectivity index (χ3v) is 3.34. The summed E-state index contributed by atoms with van der Waals surface area (Å²) in [4.78, 5) is 3.11. The molecule has 0 saturated carbocycles. The molecular weight excluding hydrogens is 204 g/mol. The Morgan fingerprint density at radius 2 is 1.80 bits per heavy atom. The van der Waals surface area contributed by atoms with Crippen LogP contribution < -0.4 is 5.73 Å². The first-order valence-electron chi connectivity index (χ1n) is 6.07. The van der Waals surface area contributed by atoms with Gasteiger partial charge in [0.1, 0.15) is 0 Å². The highest BCUT2D eigenvalue weighted by molar-refractivity contribution is 7.80.